The fourth-order valence-corrected chi connectivity index (χ4v) is 3.20. The van der Waals surface area contributed by atoms with Gasteiger partial charge in [-0.25, -0.2) is 0 Å². The number of hydrogen-bond acceptors (Lipinski definition) is 4. The lowest BCUT2D eigenvalue weighted by atomic mass is 9.81. The Morgan fingerprint density at radius 2 is 1.68 bits per heavy atom. The van der Waals surface area contributed by atoms with E-state index in [1.165, 1.54) is 4.90 Å². The predicted octanol–water partition coefficient (Wildman–Crippen LogP) is 0.530. The smallest absolute Gasteiger partial charge is 0.306 e. The number of hydrogen-bond donors (Lipinski definition) is 2. The average Bonchev–Trinajstić information content (AvgIpc) is 2.73. The van der Waals surface area contributed by atoms with Crippen molar-refractivity contribution in [3.05, 3.63) is 0 Å². The van der Waals surface area contributed by atoms with Crippen molar-refractivity contribution in [3.63, 3.8) is 0 Å². The van der Waals surface area contributed by atoms with Crippen LogP contribution in [0.4, 0.5) is 0 Å². The molecular formula is C15H22N2O5. The summed E-state index contributed by atoms with van der Waals surface area (Å²) in [7, 11) is 0. The number of nitrogens with zero attached hydrogens (tertiary/aromatic N) is 1. The van der Waals surface area contributed by atoms with Crippen molar-refractivity contribution >= 4 is 23.7 Å². The van der Waals surface area contributed by atoms with Crippen LogP contribution in [0.1, 0.15) is 46.0 Å². The van der Waals surface area contributed by atoms with Crippen LogP contribution in [0.5, 0.6) is 0 Å². The van der Waals surface area contributed by atoms with Gasteiger partial charge in [0, 0.05) is 12.0 Å². The van der Waals surface area contributed by atoms with E-state index in [0.29, 0.717) is 25.7 Å². The van der Waals surface area contributed by atoms with E-state index in [9.17, 15) is 19.2 Å². The van der Waals surface area contributed by atoms with Crippen LogP contribution in [0, 0.1) is 11.8 Å². The van der Waals surface area contributed by atoms with Crippen molar-refractivity contribution in [2.75, 3.05) is 0 Å². The van der Waals surface area contributed by atoms with Crippen LogP contribution < -0.4 is 5.32 Å². The lowest BCUT2D eigenvalue weighted by molar-refractivity contribution is -0.144. The summed E-state index contributed by atoms with van der Waals surface area (Å²) in [6.45, 7) is 3.51. The molecule has 2 fully saturated rings. The Labute approximate surface area is 129 Å². The Morgan fingerprint density at radius 1 is 1.14 bits per heavy atom. The summed E-state index contributed by atoms with van der Waals surface area (Å²) in [5, 5.41) is 11.6. The van der Waals surface area contributed by atoms with Crippen LogP contribution >= 0.6 is 0 Å². The van der Waals surface area contributed by atoms with Crippen molar-refractivity contribution in [2.45, 2.75) is 58.0 Å². The summed E-state index contributed by atoms with van der Waals surface area (Å²) in [5.41, 5.74) is 0. The molecule has 0 aromatic rings. The molecule has 22 heavy (non-hydrogen) atoms. The molecule has 2 rings (SSSR count). The van der Waals surface area contributed by atoms with Gasteiger partial charge >= 0.3 is 5.97 Å². The van der Waals surface area contributed by atoms with Crippen LogP contribution in [-0.4, -0.2) is 45.8 Å². The molecule has 1 saturated carbocycles. The van der Waals surface area contributed by atoms with E-state index in [1.807, 2.05) is 0 Å². The van der Waals surface area contributed by atoms with Gasteiger partial charge in [-0.3, -0.25) is 24.1 Å². The van der Waals surface area contributed by atoms with Crippen molar-refractivity contribution in [2.24, 2.45) is 11.8 Å². The quantitative estimate of drug-likeness (QED) is 0.737. The highest BCUT2D eigenvalue weighted by molar-refractivity contribution is 6.07. The number of amides is 3. The molecule has 1 aliphatic heterocycles. The third-order valence-electron chi connectivity index (χ3n) is 4.46. The maximum atomic E-state index is 12.2. The number of rotatable bonds is 4. The topological polar surface area (TPSA) is 104 Å². The van der Waals surface area contributed by atoms with Gasteiger partial charge in [0.15, 0.2) is 0 Å². The fourth-order valence-electron chi connectivity index (χ4n) is 3.20. The van der Waals surface area contributed by atoms with E-state index in [1.54, 1.807) is 13.8 Å². The Bertz CT molecular complexity index is 494. The molecule has 0 spiro atoms. The highest BCUT2D eigenvalue weighted by atomic mass is 16.4. The van der Waals surface area contributed by atoms with E-state index in [2.05, 4.69) is 5.32 Å². The molecule has 7 nitrogen and oxygen atoms in total. The molecule has 0 aromatic carbocycles. The Morgan fingerprint density at radius 3 is 2.14 bits per heavy atom. The van der Waals surface area contributed by atoms with Crippen LogP contribution in [-0.2, 0) is 19.2 Å². The molecule has 1 unspecified atom stereocenters. The normalized spacial score (nSPS) is 29.0. The Balaban J connectivity index is 1.90. The number of aliphatic carboxylic acids is 1. The third-order valence-corrected chi connectivity index (χ3v) is 4.46. The van der Waals surface area contributed by atoms with Crippen LogP contribution in [0.15, 0.2) is 0 Å². The minimum absolute atomic E-state index is 0.00717. The second-order valence-corrected chi connectivity index (χ2v) is 6.35. The molecule has 1 aliphatic carbocycles. The minimum Gasteiger partial charge on any atom is -0.481 e. The second-order valence-electron chi connectivity index (χ2n) is 6.35. The number of carboxylic acids is 1. The second kappa shape index (κ2) is 6.46. The highest BCUT2D eigenvalue weighted by Crippen LogP contribution is 2.29. The molecule has 0 bridgehead atoms. The average molecular weight is 310 g/mol. The van der Waals surface area contributed by atoms with Gasteiger partial charge < -0.3 is 10.4 Å². The van der Waals surface area contributed by atoms with E-state index in [4.69, 9.17) is 5.11 Å². The first-order valence-electron chi connectivity index (χ1n) is 7.70. The zero-order valence-corrected chi connectivity index (χ0v) is 12.9. The number of carbonyl (C=O) groups is 4. The molecule has 3 amide bonds. The maximum Gasteiger partial charge on any atom is 0.306 e. The van der Waals surface area contributed by atoms with E-state index < -0.39 is 12.0 Å². The first kappa shape index (κ1) is 16.5. The summed E-state index contributed by atoms with van der Waals surface area (Å²) in [5.74, 6) is -2.34. The first-order chi connectivity index (χ1) is 10.3. The molecule has 2 aliphatic rings. The van der Waals surface area contributed by atoms with E-state index >= 15 is 0 Å². The van der Waals surface area contributed by atoms with Crippen molar-refractivity contribution in [1.82, 2.24) is 10.2 Å². The molecule has 1 atom stereocenters. The number of likely N-dealkylation sites (tertiary alicyclic amines) is 1. The van der Waals surface area contributed by atoms with E-state index in [0.717, 1.165) is 0 Å². The number of carboxylic acid groups (broad SMARTS) is 1. The van der Waals surface area contributed by atoms with Crippen molar-refractivity contribution in [1.29, 1.82) is 0 Å². The number of imide groups is 1. The molecule has 7 heteroatoms. The van der Waals surface area contributed by atoms with Crippen LogP contribution in [0.3, 0.4) is 0 Å². The zero-order valence-electron chi connectivity index (χ0n) is 12.9. The molecule has 0 radical (unpaired) electrons. The summed E-state index contributed by atoms with van der Waals surface area (Å²) in [6, 6.07) is -0.993. The lowest BCUT2D eigenvalue weighted by Crippen LogP contribution is -2.46. The summed E-state index contributed by atoms with van der Waals surface area (Å²) < 4.78 is 0. The van der Waals surface area contributed by atoms with Gasteiger partial charge in [-0.1, -0.05) is 0 Å². The van der Waals surface area contributed by atoms with Gasteiger partial charge in [0.05, 0.1) is 12.3 Å². The standard InChI is InChI=1S/C15H22N2O5/c1-8(2)17-12(18)7-11(14(17)20)16-13(19)9-3-5-10(6-4-9)15(21)22/h8-11H,3-7H2,1-2H3,(H,16,19)(H,21,22). The van der Waals surface area contributed by atoms with Gasteiger partial charge in [-0.2, -0.15) is 0 Å². The predicted molar refractivity (Wildman–Crippen MR) is 76.6 cm³/mol. The van der Waals surface area contributed by atoms with Crippen LogP contribution in [0.2, 0.25) is 0 Å². The molecule has 1 saturated heterocycles. The first-order valence-corrected chi connectivity index (χ1v) is 7.70. The molecule has 0 aromatic heterocycles. The lowest BCUT2D eigenvalue weighted by Gasteiger charge is -2.26. The summed E-state index contributed by atoms with van der Waals surface area (Å²) in [6.07, 6.45) is 1.97. The van der Waals surface area contributed by atoms with Gasteiger partial charge in [0.1, 0.15) is 6.04 Å². The maximum absolute atomic E-state index is 12.2. The minimum atomic E-state index is -0.817. The van der Waals surface area contributed by atoms with Gasteiger partial charge in [-0.05, 0) is 39.5 Å². The van der Waals surface area contributed by atoms with Crippen molar-refractivity contribution < 1.29 is 24.3 Å². The molecule has 122 valence electrons. The van der Waals surface area contributed by atoms with Gasteiger partial charge in [0.25, 0.3) is 5.91 Å². The zero-order chi connectivity index (χ0) is 16.4. The van der Waals surface area contributed by atoms with Crippen LogP contribution in [0.25, 0.3) is 0 Å². The van der Waals surface area contributed by atoms with Crippen molar-refractivity contribution in [3.8, 4) is 0 Å². The highest BCUT2D eigenvalue weighted by Gasteiger charge is 2.41. The fraction of sp³-hybridized carbons (Fsp3) is 0.733. The van der Waals surface area contributed by atoms with Gasteiger partial charge in [-0.15, -0.1) is 0 Å². The SMILES string of the molecule is CC(C)N1C(=O)CC(NC(=O)C2CCC(C(=O)O)CC2)C1=O. The summed E-state index contributed by atoms with van der Waals surface area (Å²) >= 11 is 0. The van der Waals surface area contributed by atoms with E-state index in [-0.39, 0.29) is 42.0 Å². The molecule has 2 N–H and O–H groups in total. The monoisotopic (exact) mass is 310 g/mol. The Hall–Kier alpha value is -1.92. The Kier molecular flexibility index (Phi) is 4.83. The number of nitrogens with one attached hydrogen (secondary N) is 1. The molecule has 1 heterocycles. The largest absolute Gasteiger partial charge is 0.481 e. The number of carbonyl (C=O) groups excluding carboxylic acids is 3. The summed E-state index contributed by atoms with van der Waals surface area (Å²) in [4.78, 5) is 48.2. The molecular weight excluding hydrogens is 288 g/mol. The third kappa shape index (κ3) is 3.28. The van der Waals surface area contributed by atoms with Gasteiger partial charge in [0.2, 0.25) is 11.8 Å².